The van der Waals surface area contributed by atoms with Crippen molar-refractivity contribution in [3.05, 3.63) is 53.6 Å². The number of halogens is 1. The zero-order valence-electron chi connectivity index (χ0n) is 14.6. The number of ether oxygens (including phenoxy) is 1. The second-order valence-electron chi connectivity index (χ2n) is 5.78. The van der Waals surface area contributed by atoms with Crippen LogP contribution >= 0.6 is 23.4 Å². The van der Waals surface area contributed by atoms with Crippen molar-refractivity contribution in [3.63, 3.8) is 0 Å². The minimum Gasteiger partial charge on any atom is -0.383 e. The number of amides is 1. The van der Waals surface area contributed by atoms with E-state index in [9.17, 15) is 4.79 Å². The van der Waals surface area contributed by atoms with Crippen LogP contribution in [-0.2, 0) is 16.1 Å². The van der Waals surface area contributed by atoms with Crippen molar-refractivity contribution in [2.75, 3.05) is 19.0 Å². The fourth-order valence-electron chi connectivity index (χ4n) is 2.53. The number of hydrogen-bond acceptors (Lipinski definition) is 4. The molecule has 1 N–H and O–H groups in total. The molecule has 0 spiro atoms. The molecule has 7 heteroatoms. The number of para-hydroxylation sites is 2. The molecule has 26 heavy (non-hydrogen) atoms. The number of nitrogens with zero attached hydrogens (tertiary/aromatic N) is 2. The van der Waals surface area contributed by atoms with Gasteiger partial charge in [-0.25, -0.2) is 4.98 Å². The largest absolute Gasteiger partial charge is 0.383 e. The van der Waals surface area contributed by atoms with Gasteiger partial charge in [-0.1, -0.05) is 35.5 Å². The lowest BCUT2D eigenvalue weighted by molar-refractivity contribution is -0.115. The maximum Gasteiger partial charge on any atom is 0.237 e. The molecule has 1 heterocycles. The summed E-state index contributed by atoms with van der Waals surface area (Å²) in [5.41, 5.74) is 2.67. The van der Waals surface area contributed by atoms with Gasteiger partial charge in [0.25, 0.3) is 0 Å². The number of rotatable bonds is 7. The Balaban J connectivity index is 1.76. The topological polar surface area (TPSA) is 56.1 Å². The first-order valence-electron chi connectivity index (χ1n) is 8.26. The number of benzene rings is 2. The van der Waals surface area contributed by atoms with Crippen LogP contribution in [0.25, 0.3) is 11.0 Å². The van der Waals surface area contributed by atoms with Gasteiger partial charge in [0.2, 0.25) is 5.91 Å². The SMILES string of the molecule is COCCn1c(SC(C)C(=O)Nc2ccc(Cl)cc2)nc2ccccc21. The third-order valence-corrected chi connectivity index (χ3v) is 5.24. The molecule has 0 saturated carbocycles. The van der Waals surface area contributed by atoms with Crippen LogP contribution in [0.1, 0.15) is 6.92 Å². The summed E-state index contributed by atoms with van der Waals surface area (Å²) in [5.74, 6) is -0.0809. The van der Waals surface area contributed by atoms with Crippen molar-refractivity contribution < 1.29 is 9.53 Å². The number of carbonyl (C=O) groups excluding carboxylic acids is 1. The van der Waals surface area contributed by atoms with E-state index in [0.29, 0.717) is 18.2 Å². The number of thioether (sulfide) groups is 1. The van der Waals surface area contributed by atoms with Gasteiger partial charge < -0.3 is 14.6 Å². The predicted molar refractivity (Wildman–Crippen MR) is 107 cm³/mol. The molecule has 1 unspecified atom stereocenters. The van der Waals surface area contributed by atoms with Gasteiger partial charge in [0.05, 0.1) is 22.9 Å². The van der Waals surface area contributed by atoms with Gasteiger partial charge in [0.15, 0.2) is 5.16 Å². The number of carbonyl (C=O) groups is 1. The molecule has 5 nitrogen and oxygen atoms in total. The first-order chi connectivity index (χ1) is 12.6. The number of imidazole rings is 1. The Labute approximate surface area is 161 Å². The molecular formula is C19H20ClN3O2S. The van der Waals surface area contributed by atoms with Crippen molar-refractivity contribution in [1.29, 1.82) is 0 Å². The van der Waals surface area contributed by atoms with Crippen LogP contribution in [0.3, 0.4) is 0 Å². The van der Waals surface area contributed by atoms with E-state index >= 15 is 0 Å². The molecule has 136 valence electrons. The van der Waals surface area contributed by atoms with Gasteiger partial charge in [0, 0.05) is 24.4 Å². The van der Waals surface area contributed by atoms with Crippen LogP contribution in [0.15, 0.2) is 53.7 Å². The average Bonchev–Trinajstić information content (AvgIpc) is 2.98. The Hall–Kier alpha value is -2.02. The van der Waals surface area contributed by atoms with Crippen molar-refractivity contribution >= 4 is 46.0 Å². The zero-order chi connectivity index (χ0) is 18.5. The summed E-state index contributed by atoms with van der Waals surface area (Å²) in [6, 6.07) is 15.0. The monoisotopic (exact) mass is 389 g/mol. The maximum absolute atomic E-state index is 12.5. The van der Waals surface area contributed by atoms with Crippen molar-refractivity contribution in [3.8, 4) is 0 Å². The number of anilines is 1. The van der Waals surface area contributed by atoms with E-state index in [-0.39, 0.29) is 11.2 Å². The molecule has 0 bridgehead atoms. The van der Waals surface area contributed by atoms with Crippen LogP contribution < -0.4 is 5.32 Å². The van der Waals surface area contributed by atoms with Crippen molar-refractivity contribution in [2.45, 2.75) is 23.9 Å². The smallest absolute Gasteiger partial charge is 0.237 e. The maximum atomic E-state index is 12.5. The lowest BCUT2D eigenvalue weighted by Crippen LogP contribution is -2.23. The van der Waals surface area contributed by atoms with Gasteiger partial charge in [-0.15, -0.1) is 0 Å². The van der Waals surface area contributed by atoms with Crippen LogP contribution in [0.5, 0.6) is 0 Å². The summed E-state index contributed by atoms with van der Waals surface area (Å²) in [5, 5.41) is 4.05. The predicted octanol–water partition coefficient (Wildman–Crippen LogP) is 4.46. The summed E-state index contributed by atoms with van der Waals surface area (Å²) in [7, 11) is 1.67. The Bertz CT molecular complexity index is 895. The minimum absolute atomic E-state index is 0.0809. The lowest BCUT2D eigenvalue weighted by atomic mass is 10.3. The fourth-order valence-corrected chi connectivity index (χ4v) is 3.61. The third kappa shape index (κ3) is 4.38. The molecule has 3 rings (SSSR count). The lowest BCUT2D eigenvalue weighted by Gasteiger charge is -2.13. The highest BCUT2D eigenvalue weighted by atomic mass is 35.5. The van der Waals surface area contributed by atoms with E-state index in [1.54, 1.807) is 31.4 Å². The molecule has 0 aliphatic heterocycles. The van der Waals surface area contributed by atoms with E-state index in [1.165, 1.54) is 11.8 Å². The molecule has 1 amide bonds. The number of aromatic nitrogens is 2. The number of nitrogens with one attached hydrogen (secondary N) is 1. The molecule has 0 aliphatic carbocycles. The summed E-state index contributed by atoms with van der Waals surface area (Å²) in [6.07, 6.45) is 0. The van der Waals surface area contributed by atoms with Crippen molar-refractivity contribution in [1.82, 2.24) is 9.55 Å². The molecule has 0 radical (unpaired) electrons. The average molecular weight is 390 g/mol. The Morgan fingerprint density at radius 1 is 1.27 bits per heavy atom. The Morgan fingerprint density at radius 3 is 2.73 bits per heavy atom. The van der Waals surface area contributed by atoms with Gasteiger partial charge in [-0.2, -0.15) is 0 Å². The highest BCUT2D eigenvalue weighted by Crippen LogP contribution is 2.28. The summed E-state index contributed by atoms with van der Waals surface area (Å²) < 4.78 is 7.31. The number of methoxy groups -OCH3 is 1. The minimum atomic E-state index is -0.302. The molecule has 0 aliphatic rings. The normalized spacial score (nSPS) is 12.3. The van der Waals surface area contributed by atoms with E-state index in [2.05, 4.69) is 14.9 Å². The van der Waals surface area contributed by atoms with Crippen LogP contribution in [-0.4, -0.2) is 34.4 Å². The highest BCUT2D eigenvalue weighted by molar-refractivity contribution is 8.00. The van der Waals surface area contributed by atoms with Gasteiger partial charge >= 0.3 is 0 Å². The second kappa shape index (κ2) is 8.58. The molecule has 0 saturated heterocycles. The van der Waals surface area contributed by atoms with Gasteiger partial charge in [-0.05, 0) is 43.3 Å². The quantitative estimate of drug-likeness (QED) is 0.606. The van der Waals surface area contributed by atoms with Crippen molar-refractivity contribution in [2.24, 2.45) is 0 Å². The Morgan fingerprint density at radius 2 is 2.00 bits per heavy atom. The molecule has 1 atom stereocenters. The molecule has 3 aromatic rings. The molecule has 2 aromatic carbocycles. The van der Waals surface area contributed by atoms with Crippen LogP contribution in [0.2, 0.25) is 5.02 Å². The third-order valence-electron chi connectivity index (χ3n) is 3.90. The van der Waals surface area contributed by atoms with E-state index in [4.69, 9.17) is 16.3 Å². The standard InChI is InChI=1S/C19H20ClN3O2S/c1-13(18(24)21-15-9-7-14(20)8-10-15)26-19-22-16-5-3-4-6-17(16)23(19)11-12-25-2/h3-10,13H,11-12H2,1-2H3,(H,21,24). The highest BCUT2D eigenvalue weighted by Gasteiger charge is 2.19. The number of fused-ring (bicyclic) bond motifs is 1. The molecule has 0 fully saturated rings. The second-order valence-corrected chi connectivity index (χ2v) is 7.53. The number of hydrogen-bond donors (Lipinski definition) is 1. The Kier molecular flexibility index (Phi) is 6.19. The molecular weight excluding hydrogens is 370 g/mol. The zero-order valence-corrected chi connectivity index (χ0v) is 16.2. The van der Waals surface area contributed by atoms with E-state index in [0.717, 1.165) is 21.9 Å². The fraction of sp³-hybridized carbons (Fsp3) is 0.263. The van der Waals surface area contributed by atoms with Crippen LogP contribution in [0.4, 0.5) is 5.69 Å². The summed E-state index contributed by atoms with van der Waals surface area (Å²) in [4.78, 5) is 17.2. The van der Waals surface area contributed by atoms with E-state index < -0.39 is 0 Å². The van der Waals surface area contributed by atoms with Gasteiger partial charge in [-0.3, -0.25) is 4.79 Å². The first kappa shape index (κ1) is 18.8. The summed E-state index contributed by atoms with van der Waals surface area (Å²) in [6.45, 7) is 3.14. The summed E-state index contributed by atoms with van der Waals surface area (Å²) >= 11 is 7.31. The first-order valence-corrected chi connectivity index (χ1v) is 9.51. The van der Waals surface area contributed by atoms with Gasteiger partial charge in [0.1, 0.15) is 0 Å². The molecule has 1 aromatic heterocycles. The van der Waals surface area contributed by atoms with Crippen LogP contribution in [0, 0.1) is 0 Å². The van der Waals surface area contributed by atoms with E-state index in [1.807, 2.05) is 31.2 Å².